The van der Waals surface area contributed by atoms with E-state index in [1.54, 1.807) is 0 Å². The zero-order valence-corrected chi connectivity index (χ0v) is 14.9. The van der Waals surface area contributed by atoms with Gasteiger partial charge in [0.1, 0.15) is 12.1 Å². The second-order valence-electron chi connectivity index (χ2n) is 5.22. The van der Waals surface area contributed by atoms with Crippen molar-refractivity contribution in [2.45, 2.75) is 31.0 Å². The molecule has 0 aromatic rings. The third-order valence-electron chi connectivity index (χ3n) is 3.91. The first kappa shape index (κ1) is 18.1. The first-order chi connectivity index (χ1) is 10.2. The van der Waals surface area contributed by atoms with Crippen molar-refractivity contribution in [1.29, 1.82) is 0 Å². The molecule has 3 heterocycles. The summed E-state index contributed by atoms with van der Waals surface area (Å²) in [6.45, 7) is 0.0984. The smallest absolute Gasteiger partial charge is 1.00 e. The Balaban J connectivity index is 0.00000144. The van der Waals surface area contributed by atoms with Crippen LogP contribution < -0.4 is 40.2 Å². The summed E-state index contributed by atoms with van der Waals surface area (Å²) in [6, 6.07) is -3.52. The van der Waals surface area contributed by atoms with Gasteiger partial charge in [0.05, 0.1) is 12.5 Å². The van der Waals surface area contributed by atoms with Gasteiger partial charge in [-0.2, -0.15) is 8.42 Å². The Kier molecular flexibility index (Phi) is 4.74. The van der Waals surface area contributed by atoms with E-state index in [9.17, 15) is 27.6 Å². The second-order valence-corrected chi connectivity index (χ2v) is 6.51. The van der Waals surface area contributed by atoms with Crippen LogP contribution in [0.25, 0.3) is 0 Å². The summed E-state index contributed by atoms with van der Waals surface area (Å²) in [5, 5.41) is 4.37. The van der Waals surface area contributed by atoms with Gasteiger partial charge in [0.25, 0.3) is 5.91 Å². The van der Waals surface area contributed by atoms with Crippen LogP contribution in [-0.2, 0) is 24.7 Å². The van der Waals surface area contributed by atoms with Gasteiger partial charge >= 0.3 is 45.9 Å². The maximum atomic E-state index is 12.1. The molecule has 0 saturated carbocycles. The van der Waals surface area contributed by atoms with Gasteiger partial charge in [-0.25, -0.2) is 9.10 Å². The molecular formula is C10H13N4NaO7S. The first-order valence-corrected chi connectivity index (χ1v) is 7.81. The van der Waals surface area contributed by atoms with Crippen LogP contribution in [-0.4, -0.2) is 70.6 Å². The van der Waals surface area contributed by atoms with Crippen molar-refractivity contribution in [2.24, 2.45) is 0 Å². The van der Waals surface area contributed by atoms with Crippen LogP contribution in [0.5, 0.6) is 0 Å². The molecule has 3 rings (SSSR count). The molecule has 122 valence electrons. The monoisotopic (exact) mass is 356 g/mol. The molecule has 0 spiro atoms. The number of hydrogen-bond acceptors (Lipinski definition) is 6. The number of amides is 5. The Morgan fingerprint density at radius 1 is 1.35 bits per heavy atom. The summed E-state index contributed by atoms with van der Waals surface area (Å²) in [5.41, 5.74) is 0. The number of likely N-dealkylation sites (tertiary alicyclic amines) is 1. The molecule has 0 aromatic heterocycles. The molecule has 3 atom stereocenters. The van der Waals surface area contributed by atoms with Gasteiger partial charge in [-0.1, -0.05) is 0 Å². The second kappa shape index (κ2) is 6.02. The van der Waals surface area contributed by atoms with Crippen molar-refractivity contribution >= 4 is 34.1 Å². The molecule has 11 nitrogen and oxygen atoms in total. The van der Waals surface area contributed by atoms with Crippen molar-refractivity contribution in [1.82, 2.24) is 19.8 Å². The summed E-state index contributed by atoms with van der Waals surface area (Å²) < 4.78 is 31.4. The summed E-state index contributed by atoms with van der Waals surface area (Å²) in [5.74, 6) is -2.03. The van der Waals surface area contributed by atoms with Crippen molar-refractivity contribution in [3.05, 3.63) is 0 Å². The average molecular weight is 356 g/mol. The van der Waals surface area contributed by atoms with E-state index in [0.717, 1.165) is 4.90 Å². The number of nitrogens with one attached hydrogen (secondary N) is 2. The van der Waals surface area contributed by atoms with Crippen LogP contribution in [0.4, 0.5) is 4.79 Å². The van der Waals surface area contributed by atoms with E-state index in [4.69, 9.17) is 4.55 Å². The van der Waals surface area contributed by atoms with Crippen molar-refractivity contribution in [2.75, 3.05) is 6.54 Å². The summed E-state index contributed by atoms with van der Waals surface area (Å²) in [6.07, 6.45) is 0.0109. The number of urea groups is 1. The van der Waals surface area contributed by atoms with E-state index in [0.29, 0.717) is 4.31 Å². The predicted octanol–water partition coefficient (Wildman–Crippen LogP) is -5.68. The molecule has 3 aliphatic heterocycles. The standard InChI is InChI=1S/C10H12N4O7S.Na.H/c15-6-3-4(8(16)12-6)11-10(18)13-2-1-5-7(13)9(17)14(5)22(19,20)21;;/h4-5,7H,1-3H2,(H,11,18)(H,12,15,16)(H,19,20,21);;/q;+1;-1/t4-,5+,7-;;/m0../s1. The van der Waals surface area contributed by atoms with Gasteiger partial charge in [-0.3, -0.25) is 24.3 Å². The molecule has 0 unspecified atom stereocenters. The minimum atomic E-state index is -4.64. The van der Waals surface area contributed by atoms with Gasteiger partial charge in [0, 0.05) is 6.54 Å². The SMILES string of the molecule is O=C1C[C@H](NC(=O)N2CC[C@@H]3[C@H]2C(=O)N3S(=O)(=O)O)C(=O)N1.[H-].[Na+]. The quantitative estimate of drug-likeness (QED) is 0.193. The number of carbonyl (C=O) groups is 4. The maximum absolute atomic E-state index is 12.1. The summed E-state index contributed by atoms with van der Waals surface area (Å²) in [4.78, 5) is 47.4. The Morgan fingerprint density at radius 2 is 2.00 bits per heavy atom. The molecule has 3 saturated heterocycles. The van der Waals surface area contributed by atoms with E-state index in [1.807, 2.05) is 5.32 Å². The molecule has 5 amide bonds. The predicted molar refractivity (Wildman–Crippen MR) is 68.5 cm³/mol. The third-order valence-corrected chi connectivity index (χ3v) is 4.86. The fourth-order valence-corrected chi connectivity index (χ4v) is 3.84. The Hall–Kier alpha value is -1.21. The molecule has 3 N–H and O–H groups in total. The van der Waals surface area contributed by atoms with Crippen LogP contribution in [0.1, 0.15) is 14.3 Å². The molecule has 0 bridgehead atoms. The van der Waals surface area contributed by atoms with E-state index in [-0.39, 0.29) is 50.4 Å². The largest absolute Gasteiger partial charge is 1.00 e. The minimum absolute atomic E-state index is 0. The fourth-order valence-electron chi connectivity index (χ4n) is 2.95. The van der Waals surface area contributed by atoms with E-state index in [1.165, 1.54) is 0 Å². The molecule has 3 aliphatic rings. The van der Waals surface area contributed by atoms with Crippen LogP contribution in [0.2, 0.25) is 0 Å². The molecule has 3 fully saturated rings. The molecule has 0 radical (unpaired) electrons. The van der Waals surface area contributed by atoms with Crippen LogP contribution >= 0.6 is 0 Å². The molecular weight excluding hydrogens is 343 g/mol. The summed E-state index contributed by atoms with van der Waals surface area (Å²) >= 11 is 0. The van der Waals surface area contributed by atoms with E-state index in [2.05, 4.69) is 5.32 Å². The zero-order chi connectivity index (χ0) is 16.2. The van der Waals surface area contributed by atoms with Gasteiger partial charge in [-0.05, 0) is 6.42 Å². The average Bonchev–Trinajstić information content (AvgIpc) is 2.88. The normalized spacial score (nSPS) is 29.6. The van der Waals surface area contributed by atoms with Crippen LogP contribution in [0, 0.1) is 0 Å². The minimum Gasteiger partial charge on any atom is -1.00 e. The molecule has 23 heavy (non-hydrogen) atoms. The van der Waals surface area contributed by atoms with E-state index >= 15 is 0 Å². The van der Waals surface area contributed by atoms with Gasteiger partial charge in [-0.15, -0.1) is 0 Å². The van der Waals surface area contributed by atoms with E-state index < -0.39 is 52.2 Å². The van der Waals surface area contributed by atoms with Gasteiger partial charge < -0.3 is 11.6 Å². The van der Waals surface area contributed by atoms with Crippen LogP contribution in [0.15, 0.2) is 0 Å². The number of β-lactam (4-membered cyclic amide) rings is 1. The molecule has 0 aliphatic carbocycles. The number of rotatable bonds is 2. The zero-order valence-electron chi connectivity index (χ0n) is 13.1. The molecule has 13 heteroatoms. The Bertz CT molecular complexity index is 701. The van der Waals surface area contributed by atoms with Gasteiger partial charge in [0.15, 0.2) is 0 Å². The number of hydrogen-bond donors (Lipinski definition) is 3. The third kappa shape index (κ3) is 2.96. The van der Waals surface area contributed by atoms with Crippen molar-refractivity contribution < 1.29 is 63.1 Å². The van der Waals surface area contributed by atoms with Crippen LogP contribution in [0.3, 0.4) is 0 Å². The topological polar surface area (TPSA) is 153 Å². The van der Waals surface area contributed by atoms with Gasteiger partial charge in [0.2, 0.25) is 11.8 Å². The molecule has 0 aromatic carbocycles. The Morgan fingerprint density at radius 3 is 2.52 bits per heavy atom. The number of carbonyl (C=O) groups excluding carboxylic acids is 4. The number of imide groups is 1. The number of nitrogens with zero attached hydrogens (tertiary/aromatic N) is 2. The maximum Gasteiger partial charge on any atom is 1.00 e. The number of fused-ring (bicyclic) bond motifs is 1. The van der Waals surface area contributed by atoms with Crippen molar-refractivity contribution in [3.8, 4) is 0 Å². The summed E-state index contributed by atoms with van der Waals surface area (Å²) in [7, 11) is -4.64. The Labute approximate surface area is 154 Å². The fraction of sp³-hybridized carbons (Fsp3) is 0.600. The first-order valence-electron chi connectivity index (χ1n) is 6.41. The van der Waals surface area contributed by atoms with Crippen molar-refractivity contribution in [3.63, 3.8) is 0 Å².